The summed E-state index contributed by atoms with van der Waals surface area (Å²) in [7, 11) is 0. The van der Waals surface area contributed by atoms with Crippen molar-refractivity contribution in [2.24, 2.45) is 17.6 Å². The second-order valence-corrected chi connectivity index (χ2v) is 7.29. The molecule has 2 aliphatic rings. The second-order valence-electron chi connectivity index (χ2n) is 6.85. The quantitative estimate of drug-likeness (QED) is 0.840. The number of rotatable bonds is 3. The molecule has 0 amide bonds. The van der Waals surface area contributed by atoms with Gasteiger partial charge >= 0.3 is 0 Å². The molecule has 2 aliphatic carbocycles. The topological polar surface area (TPSA) is 50.9 Å². The lowest BCUT2D eigenvalue weighted by Crippen LogP contribution is -2.34. The van der Waals surface area contributed by atoms with Crippen LogP contribution in [0.4, 0.5) is 5.82 Å². The normalized spacial score (nSPS) is 28.2. The van der Waals surface area contributed by atoms with Crippen LogP contribution >= 0.6 is 12.2 Å². The second kappa shape index (κ2) is 5.91. The molecule has 1 heterocycles. The standard InChI is InChI=1S/C17H25N3S/c1-10-6-7-14(11(2)8-10)19-17-13(16(18)21)9-12-4-3-5-15(12)20-17/h9-11,14H,3-8H2,1-2H3,(H2,18,21)(H,19,20). The van der Waals surface area contributed by atoms with Gasteiger partial charge < -0.3 is 11.1 Å². The molecule has 0 saturated heterocycles. The van der Waals surface area contributed by atoms with E-state index in [0.717, 1.165) is 30.1 Å². The van der Waals surface area contributed by atoms with E-state index in [0.29, 0.717) is 16.9 Å². The molecule has 3 rings (SSSR count). The van der Waals surface area contributed by atoms with E-state index in [9.17, 15) is 0 Å². The number of aromatic nitrogens is 1. The van der Waals surface area contributed by atoms with Crippen molar-refractivity contribution >= 4 is 23.0 Å². The van der Waals surface area contributed by atoms with Crippen molar-refractivity contribution in [1.29, 1.82) is 0 Å². The van der Waals surface area contributed by atoms with E-state index in [1.807, 2.05) is 0 Å². The minimum atomic E-state index is 0.455. The van der Waals surface area contributed by atoms with Crippen LogP contribution in [0, 0.1) is 11.8 Å². The highest BCUT2D eigenvalue weighted by Gasteiger charge is 2.27. The maximum Gasteiger partial charge on any atom is 0.136 e. The molecule has 0 spiro atoms. The third-order valence-corrected chi connectivity index (χ3v) is 5.29. The summed E-state index contributed by atoms with van der Waals surface area (Å²) >= 11 is 5.23. The number of anilines is 1. The van der Waals surface area contributed by atoms with E-state index in [4.69, 9.17) is 22.9 Å². The fraction of sp³-hybridized carbons (Fsp3) is 0.647. The molecule has 4 heteroatoms. The molecular formula is C17H25N3S. The Bertz CT molecular complexity index is 555. The van der Waals surface area contributed by atoms with Crippen LogP contribution in [0.25, 0.3) is 0 Å². The van der Waals surface area contributed by atoms with Gasteiger partial charge in [-0.25, -0.2) is 4.98 Å². The summed E-state index contributed by atoms with van der Waals surface area (Å²) in [5, 5.41) is 3.65. The molecule has 3 unspecified atom stereocenters. The van der Waals surface area contributed by atoms with Gasteiger partial charge in [0.1, 0.15) is 10.8 Å². The van der Waals surface area contributed by atoms with Crippen LogP contribution in [0.15, 0.2) is 6.07 Å². The summed E-state index contributed by atoms with van der Waals surface area (Å²) in [5.41, 5.74) is 9.41. The lowest BCUT2D eigenvalue weighted by Gasteiger charge is -2.34. The molecule has 3 atom stereocenters. The van der Waals surface area contributed by atoms with Gasteiger partial charge in [0.2, 0.25) is 0 Å². The molecule has 0 bridgehead atoms. The highest BCUT2D eigenvalue weighted by molar-refractivity contribution is 7.80. The first-order valence-corrected chi connectivity index (χ1v) is 8.54. The van der Waals surface area contributed by atoms with Crippen molar-refractivity contribution < 1.29 is 0 Å². The van der Waals surface area contributed by atoms with Crippen LogP contribution in [-0.4, -0.2) is 16.0 Å². The van der Waals surface area contributed by atoms with Crippen molar-refractivity contribution in [2.45, 2.75) is 58.4 Å². The van der Waals surface area contributed by atoms with Gasteiger partial charge in [-0.3, -0.25) is 0 Å². The minimum Gasteiger partial charge on any atom is -0.389 e. The number of aryl methyl sites for hydroxylation is 2. The van der Waals surface area contributed by atoms with Crippen molar-refractivity contribution in [1.82, 2.24) is 4.98 Å². The highest BCUT2D eigenvalue weighted by Crippen LogP contribution is 2.32. The van der Waals surface area contributed by atoms with Gasteiger partial charge in [-0.05, 0) is 62.0 Å². The van der Waals surface area contributed by atoms with Gasteiger partial charge in [0, 0.05) is 11.7 Å². The molecule has 1 aromatic rings. The van der Waals surface area contributed by atoms with Gasteiger partial charge in [0.05, 0.1) is 5.56 Å². The Morgan fingerprint density at radius 3 is 2.86 bits per heavy atom. The number of pyridine rings is 1. The predicted octanol–water partition coefficient (Wildman–Crippen LogP) is 3.44. The Morgan fingerprint density at radius 2 is 2.14 bits per heavy atom. The summed E-state index contributed by atoms with van der Waals surface area (Å²) in [6.07, 6.45) is 7.16. The lowest BCUT2D eigenvalue weighted by molar-refractivity contribution is 0.276. The Morgan fingerprint density at radius 1 is 1.33 bits per heavy atom. The molecule has 114 valence electrons. The molecule has 0 aromatic carbocycles. The summed E-state index contributed by atoms with van der Waals surface area (Å²) in [4.78, 5) is 5.30. The molecule has 21 heavy (non-hydrogen) atoms. The summed E-state index contributed by atoms with van der Waals surface area (Å²) in [5.74, 6) is 2.42. The maximum absolute atomic E-state index is 5.92. The molecular weight excluding hydrogens is 278 g/mol. The van der Waals surface area contributed by atoms with Gasteiger partial charge in [0.25, 0.3) is 0 Å². The minimum absolute atomic E-state index is 0.455. The average molecular weight is 303 g/mol. The molecule has 0 aliphatic heterocycles. The van der Waals surface area contributed by atoms with E-state index in [-0.39, 0.29) is 0 Å². The number of nitrogens with two attached hydrogens (primary N) is 1. The van der Waals surface area contributed by atoms with E-state index in [2.05, 4.69) is 25.2 Å². The van der Waals surface area contributed by atoms with Crippen LogP contribution < -0.4 is 11.1 Å². The first-order chi connectivity index (χ1) is 10.0. The van der Waals surface area contributed by atoms with Crippen LogP contribution in [0.3, 0.4) is 0 Å². The number of thiocarbonyl (C=S) groups is 1. The zero-order chi connectivity index (χ0) is 15.0. The largest absolute Gasteiger partial charge is 0.389 e. The average Bonchev–Trinajstić information content (AvgIpc) is 2.88. The third-order valence-electron chi connectivity index (χ3n) is 5.07. The number of hydrogen-bond donors (Lipinski definition) is 2. The van der Waals surface area contributed by atoms with Crippen LogP contribution in [0.5, 0.6) is 0 Å². The molecule has 1 aromatic heterocycles. The number of nitrogens with zero attached hydrogens (tertiary/aromatic N) is 1. The van der Waals surface area contributed by atoms with Crippen molar-refractivity contribution in [3.63, 3.8) is 0 Å². The SMILES string of the molecule is CC1CCC(Nc2nc3c(cc2C(N)=S)CCC3)C(C)C1. The molecule has 1 saturated carbocycles. The highest BCUT2D eigenvalue weighted by atomic mass is 32.1. The Kier molecular flexibility index (Phi) is 4.16. The summed E-state index contributed by atoms with van der Waals surface area (Å²) in [6.45, 7) is 4.68. The van der Waals surface area contributed by atoms with Crippen LogP contribution in [-0.2, 0) is 12.8 Å². The molecule has 3 N–H and O–H groups in total. The van der Waals surface area contributed by atoms with Crippen molar-refractivity contribution in [3.8, 4) is 0 Å². The van der Waals surface area contributed by atoms with Crippen molar-refractivity contribution in [2.75, 3.05) is 5.32 Å². The van der Waals surface area contributed by atoms with Gasteiger partial charge in [-0.1, -0.05) is 26.1 Å². The first-order valence-electron chi connectivity index (χ1n) is 8.13. The van der Waals surface area contributed by atoms with Crippen molar-refractivity contribution in [3.05, 3.63) is 22.9 Å². The van der Waals surface area contributed by atoms with Gasteiger partial charge in [0.15, 0.2) is 0 Å². The Labute approximate surface area is 132 Å². The predicted molar refractivity (Wildman–Crippen MR) is 91.7 cm³/mol. The lowest BCUT2D eigenvalue weighted by atomic mass is 9.80. The zero-order valence-corrected chi connectivity index (χ0v) is 13.8. The Balaban J connectivity index is 1.86. The first kappa shape index (κ1) is 14.8. The number of hydrogen-bond acceptors (Lipinski definition) is 3. The number of nitrogens with one attached hydrogen (secondary N) is 1. The summed E-state index contributed by atoms with van der Waals surface area (Å²) < 4.78 is 0. The van der Waals surface area contributed by atoms with Gasteiger partial charge in [-0.15, -0.1) is 0 Å². The van der Waals surface area contributed by atoms with Gasteiger partial charge in [-0.2, -0.15) is 0 Å². The van der Waals surface area contributed by atoms with E-state index >= 15 is 0 Å². The summed E-state index contributed by atoms with van der Waals surface area (Å²) in [6, 6.07) is 2.65. The third kappa shape index (κ3) is 3.05. The molecule has 0 radical (unpaired) electrons. The zero-order valence-electron chi connectivity index (χ0n) is 13.0. The molecule has 3 nitrogen and oxygen atoms in total. The fourth-order valence-electron chi connectivity index (χ4n) is 3.83. The van der Waals surface area contributed by atoms with Crippen LogP contribution in [0.1, 0.15) is 56.4 Å². The maximum atomic E-state index is 5.92. The van der Waals surface area contributed by atoms with Crippen LogP contribution in [0.2, 0.25) is 0 Å². The Hall–Kier alpha value is -1.16. The fourth-order valence-corrected chi connectivity index (χ4v) is 3.98. The van der Waals surface area contributed by atoms with E-state index < -0.39 is 0 Å². The monoisotopic (exact) mass is 303 g/mol. The van der Waals surface area contributed by atoms with E-state index in [1.54, 1.807) is 0 Å². The smallest absolute Gasteiger partial charge is 0.136 e. The van der Waals surface area contributed by atoms with E-state index in [1.165, 1.54) is 36.9 Å². The molecule has 1 fully saturated rings. The number of fused-ring (bicyclic) bond motifs is 1.